The summed E-state index contributed by atoms with van der Waals surface area (Å²) in [7, 11) is -4.05. The van der Waals surface area contributed by atoms with Crippen molar-refractivity contribution >= 4 is 33.2 Å². The first kappa shape index (κ1) is 32.3. The first-order valence-electron chi connectivity index (χ1n) is 13.7. The van der Waals surface area contributed by atoms with E-state index in [2.05, 4.69) is 5.32 Å². The lowest BCUT2D eigenvalue weighted by Gasteiger charge is -2.34. The number of hydrogen-bond donors (Lipinski definition) is 1. The maximum Gasteiger partial charge on any atom is 0.271 e. The number of non-ortho nitro benzene ring substituents is 1. The zero-order valence-corrected chi connectivity index (χ0v) is 25.4. The monoisotopic (exact) mass is 594 g/mol. The van der Waals surface area contributed by atoms with Gasteiger partial charge in [0.2, 0.25) is 21.8 Å². The fourth-order valence-corrected chi connectivity index (χ4v) is 5.46. The fourth-order valence-electron chi connectivity index (χ4n) is 4.56. The minimum absolute atomic E-state index is 0.0272. The third-order valence-corrected chi connectivity index (χ3v) is 7.87. The van der Waals surface area contributed by atoms with Crippen LogP contribution in [0.4, 0.5) is 11.4 Å². The van der Waals surface area contributed by atoms with E-state index in [9.17, 15) is 28.1 Å². The number of sulfonamides is 1. The van der Waals surface area contributed by atoms with Gasteiger partial charge in [-0.25, -0.2) is 8.42 Å². The van der Waals surface area contributed by atoms with Crippen LogP contribution in [0, 0.1) is 29.9 Å². The number of aryl methyl sites for hydroxylation is 2. The third kappa shape index (κ3) is 8.87. The normalized spacial score (nSPS) is 12.0. The van der Waals surface area contributed by atoms with E-state index in [1.165, 1.54) is 17.0 Å². The number of nitro groups is 1. The second-order valence-electron chi connectivity index (χ2n) is 10.9. The van der Waals surface area contributed by atoms with Crippen LogP contribution >= 0.6 is 0 Å². The van der Waals surface area contributed by atoms with Crippen LogP contribution < -0.4 is 9.62 Å². The number of hydrogen-bond acceptors (Lipinski definition) is 6. The van der Waals surface area contributed by atoms with Crippen molar-refractivity contribution < 1.29 is 22.9 Å². The van der Waals surface area contributed by atoms with Gasteiger partial charge < -0.3 is 10.2 Å². The Morgan fingerprint density at radius 1 is 0.952 bits per heavy atom. The molecule has 0 aliphatic carbocycles. The fraction of sp³-hybridized carbons (Fsp3) is 0.355. The van der Waals surface area contributed by atoms with Crippen LogP contribution in [0.2, 0.25) is 0 Å². The van der Waals surface area contributed by atoms with Gasteiger partial charge in [-0.2, -0.15) is 0 Å². The average molecular weight is 595 g/mol. The molecule has 224 valence electrons. The van der Waals surface area contributed by atoms with E-state index < -0.39 is 33.4 Å². The van der Waals surface area contributed by atoms with Gasteiger partial charge in [0, 0.05) is 31.6 Å². The molecule has 42 heavy (non-hydrogen) atoms. The average Bonchev–Trinajstić information content (AvgIpc) is 2.92. The van der Waals surface area contributed by atoms with Crippen molar-refractivity contribution in [1.29, 1.82) is 0 Å². The van der Waals surface area contributed by atoms with Crippen molar-refractivity contribution in [2.24, 2.45) is 5.92 Å². The first-order valence-corrected chi connectivity index (χ1v) is 15.5. The molecule has 0 fully saturated rings. The van der Waals surface area contributed by atoms with Crippen LogP contribution in [0.1, 0.15) is 36.1 Å². The Labute approximate surface area is 247 Å². The smallest absolute Gasteiger partial charge is 0.271 e. The van der Waals surface area contributed by atoms with E-state index in [1.807, 2.05) is 75.4 Å². The van der Waals surface area contributed by atoms with Crippen molar-refractivity contribution in [3.05, 3.63) is 105 Å². The molecule has 0 aliphatic rings. The lowest BCUT2D eigenvalue weighted by atomic mass is 10.0. The van der Waals surface area contributed by atoms with Crippen LogP contribution in [-0.2, 0) is 32.6 Å². The zero-order valence-electron chi connectivity index (χ0n) is 24.6. The minimum atomic E-state index is -4.05. The van der Waals surface area contributed by atoms with E-state index >= 15 is 0 Å². The summed E-state index contributed by atoms with van der Waals surface area (Å²) in [6.45, 7) is 7.28. The predicted molar refractivity (Wildman–Crippen MR) is 164 cm³/mol. The molecule has 0 aliphatic heterocycles. The summed E-state index contributed by atoms with van der Waals surface area (Å²) in [5.74, 6) is -0.802. The largest absolute Gasteiger partial charge is 0.354 e. The van der Waals surface area contributed by atoms with E-state index in [1.54, 1.807) is 6.92 Å². The van der Waals surface area contributed by atoms with Gasteiger partial charge in [0.15, 0.2) is 0 Å². The Hall–Kier alpha value is -4.25. The molecule has 3 aromatic carbocycles. The van der Waals surface area contributed by atoms with E-state index in [0.29, 0.717) is 12.1 Å². The second-order valence-corrected chi connectivity index (χ2v) is 12.8. The Morgan fingerprint density at radius 3 is 2.21 bits per heavy atom. The first-order chi connectivity index (χ1) is 19.8. The summed E-state index contributed by atoms with van der Waals surface area (Å²) in [4.78, 5) is 40.1. The van der Waals surface area contributed by atoms with Crippen molar-refractivity contribution in [3.63, 3.8) is 0 Å². The van der Waals surface area contributed by atoms with Gasteiger partial charge in [0.1, 0.15) is 12.6 Å². The number of nitro benzene ring substituents is 1. The van der Waals surface area contributed by atoms with Crippen molar-refractivity contribution in [3.8, 4) is 0 Å². The summed E-state index contributed by atoms with van der Waals surface area (Å²) in [6.07, 6.45) is 1.15. The van der Waals surface area contributed by atoms with Gasteiger partial charge in [0.25, 0.3) is 5.69 Å². The number of nitrogens with one attached hydrogen (secondary N) is 1. The van der Waals surface area contributed by atoms with Gasteiger partial charge in [-0.15, -0.1) is 0 Å². The summed E-state index contributed by atoms with van der Waals surface area (Å²) < 4.78 is 26.9. The molecule has 0 saturated heterocycles. The zero-order chi connectivity index (χ0) is 31.0. The standard InChI is InChI=1S/C31H38N4O6S/c1-22(2)19-32-31(37)29(17-25-11-7-6-8-12-25)33(20-26-13-9-10-23(3)16-26)30(36)21-34(42(5,40)41)28-18-27(35(38)39)15-14-24(28)4/h6-16,18,22,29H,17,19-21H2,1-5H3,(H,32,37)/t29-/m1/s1. The van der Waals surface area contributed by atoms with Gasteiger partial charge in [-0.05, 0) is 36.5 Å². The second kappa shape index (κ2) is 14.1. The molecule has 0 unspecified atom stereocenters. The maximum absolute atomic E-state index is 14.2. The minimum Gasteiger partial charge on any atom is -0.354 e. The highest BCUT2D eigenvalue weighted by atomic mass is 32.2. The Bertz CT molecular complexity index is 1530. The topological polar surface area (TPSA) is 130 Å². The van der Waals surface area contributed by atoms with Crippen LogP contribution in [0.15, 0.2) is 72.8 Å². The van der Waals surface area contributed by atoms with Crippen LogP contribution in [-0.4, -0.2) is 55.4 Å². The van der Waals surface area contributed by atoms with Gasteiger partial charge >= 0.3 is 0 Å². The van der Waals surface area contributed by atoms with E-state index in [0.717, 1.165) is 33.3 Å². The molecule has 0 saturated carbocycles. The highest BCUT2D eigenvalue weighted by Gasteiger charge is 2.33. The summed E-state index contributed by atoms with van der Waals surface area (Å²) in [5, 5.41) is 14.4. The summed E-state index contributed by atoms with van der Waals surface area (Å²) >= 11 is 0. The molecule has 3 rings (SSSR count). The van der Waals surface area contributed by atoms with E-state index in [4.69, 9.17) is 0 Å². The molecule has 10 nitrogen and oxygen atoms in total. The van der Waals surface area contributed by atoms with Gasteiger partial charge in [0.05, 0.1) is 16.9 Å². The highest BCUT2D eigenvalue weighted by molar-refractivity contribution is 7.92. The SMILES string of the molecule is Cc1cccc(CN(C(=O)CN(c2cc([N+](=O)[O-])ccc2C)S(C)(=O)=O)[C@H](Cc2ccccc2)C(=O)NCC(C)C)c1. The molecular formula is C31H38N4O6S. The van der Waals surface area contributed by atoms with Crippen LogP contribution in [0.3, 0.4) is 0 Å². The van der Waals surface area contributed by atoms with Crippen molar-refractivity contribution in [1.82, 2.24) is 10.2 Å². The molecule has 1 atom stereocenters. The number of benzene rings is 3. The molecule has 0 spiro atoms. The molecule has 3 aromatic rings. The Morgan fingerprint density at radius 2 is 1.62 bits per heavy atom. The van der Waals surface area contributed by atoms with Gasteiger partial charge in [-0.3, -0.25) is 24.0 Å². The lowest BCUT2D eigenvalue weighted by molar-refractivity contribution is -0.384. The molecule has 0 aromatic heterocycles. The molecule has 11 heteroatoms. The number of anilines is 1. The summed E-state index contributed by atoms with van der Waals surface area (Å²) in [5.41, 5.74) is 2.74. The molecule has 1 N–H and O–H groups in total. The molecule has 0 radical (unpaired) electrons. The molecule has 0 bridgehead atoms. The number of nitrogens with zero attached hydrogens (tertiary/aromatic N) is 3. The maximum atomic E-state index is 14.2. The Balaban J connectivity index is 2.10. The van der Waals surface area contributed by atoms with Crippen molar-refractivity contribution in [2.75, 3.05) is 23.7 Å². The number of amides is 2. The third-order valence-electron chi connectivity index (χ3n) is 6.74. The summed E-state index contributed by atoms with van der Waals surface area (Å²) in [6, 6.07) is 19.7. The molecular weight excluding hydrogens is 556 g/mol. The van der Waals surface area contributed by atoms with Crippen LogP contribution in [0.5, 0.6) is 0 Å². The van der Waals surface area contributed by atoms with Gasteiger partial charge in [-0.1, -0.05) is 80.1 Å². The molecule has 0 heterocycles. The molecule has 2 amide bonds. The number of carbonyl (C=O) groups is 2. The number of carbonyl (C=O) groups excluding carboxylic acids is 2. The number of rotatable bonds is 13. The van der Waals surface area contributed by atoms with Crippen molar-refractivity contribution in [2.45, 2.75) is 46.7 Å². The Kier molecular flexibility index (Phi) is 10.8. The lowest BCUT2D eigenvalue weighted by Crippen LogP contribution is -2.53. The highest BCUT2D eigenvalue weighted by Crippen LogP contribution is 2.28. The van der Waals surface area contributed by atoms with Crippen LogP contribution in [0.25, 0.3) is 0 Å². The predicted octanol–water partition coefficient (Wildman–Crippen LogP) is 4.39. The van der Waals surface area contributed by atoms with E-state index in [-0.39, 0.29) is 36.2 Å². The quantitative estimate of drug-likeness (QED) is 0.231.